The summed E-state index contributed by atoms with van der Waals surface area (Å²) in [6.45, 7) is 4.11. The number of ether oxygens (including phenoxy) is 1. The molecule has 0 unspecified atom stereocenters. The Morgan fingerprint density at radius 1 is 1.38 bits per heavy atom. The monoisotopic (exact) mass is 261 g/mol. The van der Waals surface area contributed by atoms with Gasteiger partial charge in [-0.25, -0.2) is 5.43 Å². The fraction of sp³-hybridized carbons (Fsp3) is 0.500. The molecule has 0 radical (unpaired) electrons. The average molecular weight is 261 g/mol. The van der Waals surface area contributed by atoms with Crippen molar-refractivity contribution in [2.45, 2.75) is 13.8 Å². The molecule has 0 atom stereocenters. The maximum absolute atomic E-state index is 4.96. The third-order valence-electron chi connectivity index (χ3n) is 1.24. The maximum atomic E-state index is 4.96. The predicted octanol–water partition coefficient (Wildman–Crippen LogP) is 0.353. The number of nitrogens with one attached hydrogen (secondary N) is 3. The summed E-state index contributed by atoms with van der Waals surface area (Å²) < 4.78 is 4.96. The van der Waals surface area contributed by atoms with Crippen molar-refractivity contribution in [2.75, 3.05) is 13.7 Å². The Kier molecular flexibility index (Phi) is 8.26. The van der Waals surface area contributed by atoms with Crippen LogP contribution >= 0.6 is 24.4 Å². The minimum atomic E-state index is 0.227. The second-order valence-electron chi connectivity index (χ2n) is 2.53. The van der Waals surface area contributed by atoms with E-state index in [4.69, 9.17) is 29.2 Å². The molecule has 0 aromatic rings. The summed E-state index contributed by atoms with van der Waals surface area (Å²) in [5.74, 6) is 0. The maximum Gasteiger partial charge on any atom is 0.277 e. The third-order valence-corrected chi connectivity index (χ3v) is 1.75. The molecule has 0 fully saturated rings. The molecule has 0 aromatic carbocycles. The van der Waals surface area contributed by atoms with Crippen molar-refractivity contribution in [1.29, 1.82) is 0 Å². The predicted molar refractivity (Wildman–Crippen MR) is 73.8 cm³/mol. The van der Waals surface area contributed by atoms with Crippen molar-refractivity contribution < 1.29 is 4.74 Å². The van der Waals surface area contributed by atoms with Gasteiger partial charge in [-0.05, 0) is 38.3 Å². The molecule has 16 heavy (non-hydrogen) atoms. The highest BCUT2D eigenvalue weighted by molar-refractivity contribution is 7.80. The van der Waals surface area contributed by atoms with E-state index in [-0.39, 0.29) is 5.17 Å². The molecular formula is C8H15N5OS2. The number of hydrogen-bond acceptors (Lipinski definition) is 5. The van der Waals surface area contributed by atoms with Crippen LogP contribution in [0.1, 0.15) is 13.8 Å². The van der Waals surface area contributed by atoms with E-state index in [1.54, 1.807) is 14.0 Å². The lowest BCUT2D eigenvalue weighted by atomic mass is 10.5. The van der Waals surface area contributed by atoms with Crippen molar-refractivity contribution in [1.82, 2.24) is 16.2 Å². The number of hydrazone groups is 2. The van der Waals surface area contributed by atoms with Gasteiger partial charge in [0.25, 0.3) is 5.17 Å². The van der Waals surface area contributed by atoms with Crippen molar-refractivity contribution in [2.24, 2.45) is 10.2 Å². The first-order chi connectivity index (χ1) is 7.60. The van der Waals surface area contributed by atoms with E-state index in [0.717, 1.165) is 0 Å². The summed E-state index contributed by atoms with van der Waals surface area (Å²) in [7, 11) is 1.70. The van der Waals surface area contributed by atoms with E-state index in [2.05, 4.69) is 26.4 Å². The van der Waals surface area contributed by atoms with Crippen molar-refractivity contribution in [3.8, 4) is 0 Å². The van der Waals surface area contributed by atoms with Gasteiger partial charge in [-0.3, -0.25) is 5.43 Å². The van der Waals surface area contributed by atoms with E-state index in [1.807, 2.05) is 6.92 Å². The molecule has 3 N–H and O–H groups in total. The summed E-state index contributed by atoms with van der Waals surface area (Å²) in [5.41, 5.74) is 5.80. The molecule has 90 valence electrons. The highest BCUT2D eigenvalue weighted by Gasteiger charge is 1.91. The van der Waals surface area contributed by atoms with Gasteiger partial charge in [0.2, 0.25) is 0 Å². The van der Waals surface area contributed by atoms with E-state index in [1.165, 1.54) is 6.21 Å². The molecule has 6 nitrogen and oxygen atoms in total. The Labute approximate surface area is 106 Å². The van der Waals surface area contributed by atoms with Crippen LogP contribution in [0.5, 0.6) is 0 Å². The molecule has 0 aliphatic carbocycles. The Balaban J connectivity index is 3.94. The van der Waals surface area contributed by atoms with Crippen LogP contribution in [0.4, 0.5) is 0 Å². The summed E-state index contributed by atoms with van der Waals surface area (Å²) in [5, 5.41) is 11.1. The molecule has 0 rings (SSSR count). The minimum absolute atomic E-state index is 0.227. The van der Waals surface area contributed by atoms with Crippen molar-refractivity contribution in [3.05, 3.63) is 0 Å². The van der Waals surface area contributed by atoms with Crippen LogP contribution in [0.15, 0.2) is 10.2 Å². The number of thiocarbonyl (C=S) groups is 2. The van der Waals surface area contributed by atoms with E-state index in [9.17, 15) is 0 Å². The molecule has 0 aliphatic heterocycles. The van der Waals surface area contributed by atoms with Gasteiger partial charge in [0.05, 0.1) is 18.5 Å². The fourth-order valence-corrected chi connectivity index (χ4v) is 0.782. The largest absolute Gasteiger partial charge is 0.470 e. The smallest absolute Gasteiger partial charge is 0.277 e. The second-order valence-corrected chi connectivity index (χ2v) is 3.31. The molecule has 0 saturated heterocycles. The molecule has 0 bridgehead atoms. The Hall–Kier alpha value is -1.28. The number of nitrogens with zero attached hydrogens (tertiary/aromatic N) is 2. The molecule has 0 aromatic heterocycles. The first kappa shape index (κ1) is 14.7. The Morgan fingerprint density at radius 3 is 2.62 bits per heavy atom. The van der Waals surface area contributed by atoms with Crippen LogP contribution < -0.4 is 16.2 Å². The van der Waals surface area contributed by atoms with Gasteiger partial charge < -0.3 is 10.1 Å². The highest BCUT2D eigenvalue weighted by Crippen LogP contribution is 1.77. The first-order valence-corrected chi connectivity index (χ1v) is 5.39. The van der Waals surface area contributed by atoms with Gasteiger partial charge in [0.1, 0.15) is 0 Å². The number of hydrogen-bond donors (Lipinski definition) is 3. The Morgan fingerprint density at radius 2 is 2.06 bits per heavy atom. The van der Waals surface area contributed by atoms with Crippen LogP contribution in [-0.4, -0.2) is 35.9 Å². The van der Waals surface area contributed by atoms with E-state index in [0.29, 0.717) is 17.4 Å². The molecule has 0 heterocycles. The lowest BCUT2D eigenvalue weighted by Crippen LogP contribution is -2.29. The fourth-order valence-electron chi connectivity index (χ4n) is 0.565. The van der Waals surface area contributed by atoms with E-state index >= 15 is 0 Å². The van der Waals surface area contributed by atoms with Gasteiger partial charge in [-0.1, -0.05) is 0 Å². The zero-order chi connectivity index (χ0) is 12.4. The molecule has 0 saturated carbocycles. The van der Waals surface area contributed by atoms with Gasteiger partial charge in [0.15, 0.2) is 5.11 Å². The van der Waals surface area contributed by atoms with Gasteiger partial charge >= 0.3 is 0 Å². The Bertz CT molecular complexity index is 303. The first-order valence-electron chi connectivity index (χ1n) is 4.58. The second kappa shape index (κ2) is 8.98. The van der Waals surface area contributed by atoms with E-state index < -0.39 is 0 Å². The molecule has 0 amide bonds. The van der Waals surface area contributed by atoms with Gasteiger partial charge in [0, 0.05) is 7.05 Å². The van der Waals surface area contributed by atoms with Crippen LogP contribution in [0.25, 0.3) is 0 Å². The van der Waals surface area contributed by atoms with Crippen LogP contribution in [0, 0.1) is 0 Å². The highest BCUT2D eigenvalue weighted by atomic mass is 32.1. The normalized spacial score (nSPS) is 11.1. The minimum Gasteiger partial charge on any atom is -0.470 e. The quantitative estimate of drug-likeness (QED) is 0.385. The average Bonchev–Trinajstić information content (AvgIpc) is 2.26. The van der Waals surface area contributed by atoms with Gasteiger partial charge in [-0.15, -0.1) is 0 Å². The zero-order valence-corrected chi connectivity index (χ0v) is 11.0. The molecular weight excluding hydrogens is 246 g/mol. The summed E-state index contributed by atoms with van der Waals surface area (Å²) >= 11 is 9.63. The summed E-state index contributed by atoms with van der Waals surface area (Å²) in [6, 6.07) is 0. The number of rotatable bonds is 4. The topological polar surface area (TPSA) is 70.0 Å². The molecule has 0 spiro atoms. The summed E-state index contributed by atoms with van der Waals surface area (Å²) in [4.78, 5) is 0. The third kappa shape index (κ3) is 8.06. The molecule has 8 heteroatoms. The van der Waals surface area contributed by atoms with Crippen molar-refractivity contribution >= 4 is 46.6 Å². The van der Waals surface area contributed by atoms with Gasteiger partial charge in [-0.2, -0.15) is 10.2 Å². The molecule has 0 aliphatic rings. The summed E-state index contributed by atoms with van der Waals surface area (Å²) in [6.07, 6.45) is 1.50. The van der Waals surface area contributed by atoms with Crippen molar-refractivity contribution in [3.63, 3.8) is 0 Å². The van der Waals surface area contributed by atoms with Crippen LogP contribution in [-0.2, 0) is 4.74 Å². The van der Waals surface area contributed by atoms with Crippen LogP contribution in [0.3, 0.4) is 0 Å². The SMILES string of the molecule is CCOC(=S)N/N=C/C(C)=N/NC(=S)NC. The zero-order valence-electron chi connectivity index (χ0n) is 9.40. The lowest BCUT2D eigenvalue weighted by Gasteiger charge is -2.02. The lowest BCUT2D eigenvalue weighted by molar-refractivity contribution is 0.321. The standard InChI is InChI=1S/C8H15N5OS2/c1-4-14-8(16)13-10-5-6(2)11-12-7(15)9-3/h5H,4H2,1-3H3,(H,13,16)(H2,9,12,15)/b10-5+,11-6+. The van der Waals surface area contributed by atoms with Crippen LogP contribution in [0.2, 0.25) is 0 Å².